The molecule has 0 saturated carbocycles. The molecular formula is C17H31N7O7S. The predicted molar refractivity (Wildman–Crippen MR) is 118 cm³/mol. The summed E-state index contributed by atoms with van der Waals surface area (Å²) in [5.41, 5.74) is 16.1. The van der Waals surface area contributed by atoms with Gasteiger partial charge in [-0.2, -0.15) is 12.6 Å². The van der Waals surface area contributed by atoms with Crippen molar-refractivity contribution in [3.63, 3.8) is 0 Å². The van der Waals surface area contributed by atoms with Gasteiger partial charge in [0.15, 0.2) is 5.96 Å². The second-order valence-corrected chi connectivity index (χ2v) is 7.23. The molecule has 0 aliphatic rings. The maximum Gasteiger partial charge on any atom is 0.327 e. The van der Waals surface area contributed by atoms with Crippen molar-refractivity contribution < 1.29 is 34.2 Å². The number of hydrogen-bond donors (Lipinski definition) is 9. The molecule has 0 aromatic carbocycles. The zero-order valence-electron chi connectivity index (χ0n) is 17.6. The van der Waals surface area contributed by atoms with Crippen LogP contribution in [0.3, 0.4) is 0 Å². The first-order valence-corrected chi connectivity index (χ1v) is 10.3. The number of nitrogens with two attached hydrogens (primary N) is 3. The van der Waals surface area contributed by atoms with E-state index in [1.165, 1.54) is 6.92 Å². The zero-order chi connectivity index (χ0) is 24.8. The Kier molecular flexibility index (Phi) is 13.4. The summed E-state index contributed by atoms with van der Waals surface area (Å²) in [6, 6.07) is -4.65. The van der Waals surface area contributed by atoms with E-state index in [-0.39, 0.29) is 43.9 Å². The van der Waals surface area contributed by atoms with E-state index in [1.54, 1.807) is 0 Å². The summed E-state index contributed by atoms with van der Waals surface area (Å²) >= 11 is 3.87. The molecule has 4 atom stereocenters. The van der Waals surface area contributed by atoms with Crippen LogP contribution in [-0.2, 0) is 24.0 Å². The van der Waals surface area contributed by atoms with Crippen LogP contribution in [-0.4, -0.2) is 82.3 Å². The van der Waals surface area contributed by atoms with E-state index < -0.39 is 53.8 Å². The van der Waals surface area contributed by atoms with Gasteiger partial charge in [-0.3, -0.25) is 24.2 Å². The van der Waals surface area contributed by atoms with Crippen molar-refractivity contribution in [1.82, 2.24) is 16.0 Å². The topological polar surface area (TPSA) is 252 Å². The lowest BCUT2D eigenvalue weighted by atomic mass is 10.1. The van der Waals surface area contributed by atoms with Crippen molar-refractivity contribution in [1.29, 1.82) is 0 Å². The number of carboxylic acids is 2. The number of amides is 3. The van der Waals surface area contributed by atoms with E-state index in [4.69, 9.17) is 27.4 Å². The van der Waals surface area contributed by atoms with Crippen LogP contribution in [0, 0.1) is 0 Å². The molecule has 0 spiro atoms. The highest BCUT2D eigenvalue weighted by molar-refractivity contribution is 7.80. The summed E-state index contributed by atoms with van der Waals surface area (Å²) in [4.78, 5) is 62.5. The molecule has 32 heavy (non-hydrogen) atoms. The maximum absolute atomic E-state index is 12.5. The number of rotatable bonds is 15. The van der Waals surface area contributed by atoms with E-state index in [9.17, 15) is 24.0 Å². The van der Waals surface area contributed by atoms with Crippen molar-refractivity contribution in [2.24, 2.45) is 22.2 Å². The number of carboxylic acid groups (broad SMARTS) is 2. The average Bonchev–Trinajstić information content (AvgIpc) is 2.71. The van der Waals surface area contributed by atoms with Gasteiger partial charge < -0.3 is 43.4 Å². The van der Waals surface area contributed by atoms with Crippen LogP contribution >= 0.6 is 12.6 Å². The molecule has 0 aromatic heterocycles. The second-order valence-electron chi connectivity index (χ2n) is 6.86. The minimum Gasteiger partial charge on any atom is -0.481 e. The second kappa shape index (κ2) is 14.9. The number of carbonyl (C=O) groups excluding carboxylic acids is 3. The van der Waals surface area contributed by atoms with Gasteiger partial charge in [0, 0.05) is 18.7 Å². The quantitative estimate of drug-likeness (QED) is 0.0492. The van der Waals surface area contributed by atoms with Crippen molar-refractivity contribution in [2.45, 2.75) is 56.8 Å². The number of hydrogen-bond acceptors (Lipinski definition) is 8. The fourth-order valence-electron chi connectivity index (χ4n) is 2.32. The molecule has 15 heteroatoms. The van der Waals surface area contributed by atoms with E-state index in [0.29, 0.717) is 0 Å². The number of aliphatic carboxylic acids is 2. The van der Waals surface area contributed by atoms with Crippen LogP contribution in [0.15, 0.2) is 4.99 Å². The van der Waals surface area contributed by atoms with Crippen LogP contribution < -0.4 is 33.2 Å². The zero-order valence-corrected chi connectivity index (χ0v) is 18.5. The van der Waals surface area contributed by atoms with Crippen molar-refractivity contribution in [3.05, 3.63) is 0 Å². The van der Waals surface area contributed by atoms with Gasteiger partial charge in [0.1, 0.15) is 18.1 Å². The van der Waals surface area contributed by atoms with Gasteiger partial charge in [-0.15, -0.1) is 0 Å². The number of aliphatic imine (C=N–C) groups is 1. The Bertz CT molecular complexity index is 715. The minimum atomic E-state index is -1.30. The first kappa shape index (κ1) is 28.9. The van der Waals surface area contributed by atoms with Crippen LogP contribution in [0.2, 0.25) is 0 Å². The number of carbonyl (C=O) groups is 5. The molecule has 0 radical (unpaired) electrons. The lowest BCUT2D eigenvalue weighted by Crippen LogP contribution is -2.56. The van der Waals surface area contributed by atoms with Gasteiger partial charge in [-0.25, -0.2) is 4.79 Å². The van der Waals surface area contributed by atoms with Crippen molar-refractivity contribution >= 4 is 48.2 Å². The first-order valence-electron chi connectivity index (χ1n) is 9.66. The average molecular weight is 478 g/mol. The Hall–Kier alpha value is -3.07. The van der Waals surface area contributed by atoms with E-state index >= 15 is 0 Å². The van der Waals surface area contributed by atoms with E-state index in [0.717, 1.165) is 0 Å². The van der Waals surface area contributed by atoms with Gasteiger partial charge >= 0.3 is 11.9 Å². The molecule has 0 heterocycles. The summed E-state index contributed by atoms with van der Waals surface area (Å²) < 4.78 is 0. The van der Waals surface area contributed by atoms with Crippen LogP contribution in [0.4, 0.5) is 0 Å². The number of nitrogens with one attached hydrogen (secondary N) is 3. The van der Waals surface area contributed by atoms with Gasteiger partial charge in [0.2, 0.25) is 17.7 Å². The highest BCUT2D eigenvalue weighted by Gasteiger charge is 2.28. The summed E-state index contributed by atoms with van der Waals surface area (Å²) in [7, 11) is 0. The standard InChI is InChI=1S/C17H31N7O7S/c1-8(22-14(28)9(18)4-5-12(25)26)13(27)23-10(3-2-6-21-17(19)20)15(29)24-11(7-32)16(30)31/h8-11,32H,2-7,18H2,1H3,(H,22,28)(H,23,27)(H,24,29)(H,25,26)(H,30,31)(H4,19,20,21). The van der Waals surface area contributed by atoms with Gasteiger partial charge in [-0.05, 0) is 26.2 Å². The Morgan fingerprint density at radius 1 is 0.938 bits per heavy atom. The lowest BCUT2D eigenvalue weighted by Gasteiger charge is -2.23. The number of guanidine groups is 1. The minimum absolute atomic E-state index is 0.0755. The molecule has 0 aliphatic carbocycles. The normalized spacial score (nSPS) is 14.2. The monoisotopic (exact) mass is 477 g/mol. The summed E-state index contributed by atoms with van der Waals surface area (Å²) in [5, 5.41) is 24.8. The summed E-state index contributed by atoms with van der Waals surface area (Å²) in [6.45, 7) is 1.51. The third-order valence-electron chi connectivity index (χ3n) is 4.13. The smallest absolute Gasteiger partial charge is 0.327 e. The van der Waals surface area contributed by atoms with E-state index in [2.05, 4.69) is 33.6 Å². The third kappa shape index (κ3) is 11.9. The largest absolute Gasteiger partial charge is 0.481 e. The Morgan fingerprint density at radius 2 is 1.53 bits per heavy atom. The molecule has 11 N–H and O–H groups in total. The molecule has 0 aliphatic heterocycles. The lowest BCUT2D eigenvalue weighted by molar-refractivity contribution is -0.141. The summed E-state index contributed by atoms with van der Waals surface area (Å²) in [6.07, 6.45) is -0.0730. The molecule has 0 bridgehead atoms. The molecule has 14 nitrogen and oxygen atoms in total. The third-order valence-corrected chi connectivity index (χ3v) is 4.50. The molecule has 0 fully saturated rings. The highest BCUT2D eigenvalue weighted by Crippen LogP contribution is 2.02. The molecule has 3 amide bonds. The molecular weight excluding hydrogens is 446 g/mol. The molecule has 182 valence electrons. The van der Waals surface area contributed by atoms with Crippen molar-refractivity contribution in [3.8, 4) is 0 Å². The van der Waals surface area contributed by atoms with Crippen molar-refractivity contribution in [2.75, 3.05) is 12.3 Å². The van der Waals surface area contributed by atoms with Crippen LogP contribution in [0.5, 0.6) is 0 Å². The number of nitrogens with zero attached hydrogens (tertiary/aromatic N) is 1. The van der Waals surface area contributed by atoms with Gasteiger partial charge in [0.05, 0.1) is 6.04 Å². The SMILES string of the molecule is CC(NC(=O)C(N)CCC(=O)O)C(=O)NC(CCCN=C(N)N)C(=O)NC(CS)C(=O)O. The molecule has 0 saturated heterocycles. The molecule has 0 rings (SSSR count). The Balaban J connectivity index is 5.08. The predicted octanol–water partition coefficient (Wildman–Crippen LogP) is -3.28. The fourth-order valence-corrected chi connectivity index (χ4v) is 2.57. The molecule has 0 aromatic rings. The first-order chi connectivity index (χ1) is 14.9. The van der Waals surface area contributed by atoms with E-state index in [1.807, 2.05) is 0 Å². The fraction of sp³-hybridized carbons (Fsp3) is 0.647. The van der Waals surface area contributed by atoms with Gasteiger partial charge in [0.25, 0.3) is 0 Å². The highest BCUT2D eigenvalue weighted by atomic mass is 32.1. The van der Waals surface area contributed by atoms with Crippen LogP contribution in [0.25, 0.3) is 0 Å². The van der Waals surface area contributed by atoms with Gasteiger partial charge in [-0.1, -0.05) is 0 Å². The maximum atomic E-state index is 12.5. The van der Waals surface area contributed by atoms with Crippen LogP contribution in [0.1, 0.15) is 32.6 Å². The molecule has 4 unspecified atom stereocenters. The summed E-state index contributed by atoms with van der Waals surface area (Å²) in [5.74, 6) is -4.96. The Labute approximate surface area is 190 Å². The number of thiol groups is 1. The Morgan fingerprint density at radius 3 is 2.03 bits per heavy atom.